The van der Waals surface area contributed by atoms with Crippen LogP contribution in [0.3, 0.4) is 0 Å². The van der Waals surface area contributed by atoms with Crippen molar-refractivity contribution < 1.29 is 4.79 Å². The molecular formula is C24H28N4O. The Kier molecular flexibility index (Phi) is 5.65. The van der Waals surface area contributed by atoms with E-state index >= 15 is 0 Å². The van der Waals surface area contributed by atoms with Crippen LogP contribution in [-0.2, 0) is 12.8 Å². The van der Waals surface area contributed by atoms with E-state index in [1.165, 1.54) is 35.2 Å². The van der Waals surface area contributed by atoms with Gasteiger partial charge in [0.1, 0.15) is 0 Å². The van der Waals surface area contributed by atoms with Gasteiger partial charge in [0, 0.05) is 40.9 Å². The number of carbonyl (C=O) groups excluding carboxylic acids is 1. The van der Waals surface area contributed by atoms with Gasteiger partial charge >= 0.3 is 0 Å². The molecule has 1 amide bonds. The number of nitrogens with zero attached hydrogens (tertiary/aromatic N) is 2. The Bertz CT molecular complexity index is 1030. The number of fused-ring (bicyclic) bond motifs is 3. The molecule has 1 aliphatic carbocycles. The monoisotopic (exact) mass is 388 g/mol. The molecular weight excluding hydrogens is 360 g/mol. The number of aromatic nitrogens is 1. The molecule has 0 aliphatic heterocycles. The highest BCUT2D eigenvalue weighted by Gasteiger charge is 2.16. The molecule has 0 atom stereocenters. The second kappa shape index (κ2) is 8.52. The predicted octanol–water partition coefficient (Wildman–Crippen LogP) is 4.66. The van der Waals surface area contributed by atoms with Crippen LogP contribution in [0.2, 0.25) is 0 Å². The minimum Gasteiger partial charge on any atom is -0.372 e. The van der Waals surface area contributed by atoms with Gasteiger partial charge in [-0.05, 0) is 81.0 Å². The fourth-order valence-electron chi connectivity index (χ4n) is 4.14. The van der Waals surface area contributed by atoms with E-state index in [2.05, 4.69) is 46.4 Å². The van der Waals surface area contributed by atoms with Crippen LogP contribution in [0.25, 0.3) is 10.9 Å². The molecule has 0 radical (unpaired) electrons. The molecule has 3 aromatic rings. The molecule has 5 nitrogen and oxygen atoms in total. The molecule has 0 saturated carbocycles. The number of aromatic amines is 1. The molecule has 0 spiro atoms. The third-order valence-corrected chi connectivity index (χ3v) is 5.76. The van der Waals surface area contributed by atoms with Crippen LogP contribution in [0.15, 0.2) is 47.6 Å². The van der Waals surface area contributed by atoms with Crippen LogP contribution >= 0.6 is 0 Å². The van der Waals surface area contributed by atoms with Gasteiger partial charge in [0.15, 0.2) is 0 Å². The summed E-state index contributed by atoms with van der Waals surface area (Å²) < 4.78 is 0. The number of hydrazone groups is 1. The lowest BCUT2D eigenvalue weighted by Gasteiger charge is -2.20. The highest BCUT2D eigenvalue weighted by molar-refractivity contribution is 5.99. The van der Waals surface area contributed by atoms with Crippen molar-refractivity contribution >= 4 is 28.7 Å². The summed E-state index contributed by atoms with van der Waals surface area (Å²) in [5, 5.41) is 5.31. The molecule has 1 aliphatic rings. The maximum Gasteiger partial charge on any atom is 0.271 e. The first-order valence-corrected chi connectivity index (χ1v) is 10.5. The van der Waals surface area contributed by atoms with Gasteiger partial charge in [-0.1, -0.05) is 12.1 Å². The van der Waals surface area contributed by atoms with E-state index in [1.807, 2.05) is 30.3 Å². The average molecular weight is 389 g/mol. The number of rotatable bonds is 6. The van der Waals surface area contributed by atoms with Gasteiger partial charge in [-0.2, -0.15) is 5.10 Å². The van der Waals surface area contributed by atoms with Crippen LogP contribution in [0.1, 0.15) is 53.9 Å². The summed E-state index contributed by atoms with van der Waals surface area (Å²) in [4.78, 5) is 18.3. The van der Waals surface area contributed by atoms with Gasteiger partial charge in [0.2, 0.25) is 0 Å². The summed E-state index contributed by atoms with van der Waals surface area (Å²) in [6.45, 7) is 6.26. The molecule has 1 heterocycles. The zero-order valence-corrected chi connectivity index (χ0v) is 17.2. The normalized spacial score (nSPS) is 13.6. The zero-order chi connectivity index (χ0) is 20.2. The third-order valence-electron chi connectivity index (χ3n) is 5.76. The minimum atomic E-state index is -0.186. The first kappa shape index (κ1) is 19.2. The molecule has 4 rings (SSSR count). The number of hydrogen-bond donors (Lipinski definition) is 2. The van der Waals surface area contributed by atoms with Crippen molar-refractivity contribution in [3.8, 4) is 0 Å². The second-order valence-corrected chi connectivity index (χ2v) is 7.51. The number of hydrogen-bond acceptors (Lipinski definition) is 3. The number of amides is 1. The lowest BCUT2D eigenvalue weighted by molar-refractivity contribution is 0.0955. The molecule has 0 fully saturated rings. The summed E-state index contributed by atoms with van der Waals surface area (Å²) in [6.07, 6.45) is 6.32. The summed E-state index contributed by atoms with van der Waals surface area (Å²) in [7, 11) is 0. The maximum atomic E-state index is 12.5. The van der Waals surface area contributed by atoms with Crippen LogP contribution in [-0.4, -0.2) is 30.2 Å². The standard InChI is InChI=1S/C24H28N4O/c1-3-28(4-2)19-12-9-17(10-13-19)16-25-27-24(29)18-11-14-23-21(15-18)20-7-5-6-8-22(20)26-23/h9-16,26H,3-8H2,1-2H3,(H,27,29)/b25-16+. The molecule has 1 aromatic heterocycles. The largest absolute Gasteiger partial charge is 0.372 e. The van der Waals surface area contributed by atoms with Crippen LogP contribution in [0.5, 0.6) is 0 Å². The molecule has 0 unspecified atom stereocenters. The third kappa shape index (κ3) is 4.04. The summed E-state index contributed by atoms with van der Waals surface area (Å²) >= 11 is 0. The maximum absolute atomic E-state index is 12.5. The van der Waals surface area contributed by atoms with Gasteiger partial charge in [-0.25, -0.2) is 5.43 Å². The molecule has 2 aromatic carbocycles. The van der Waals surface area contributed by atoms with Crippen LogP contribution in [0, 0.1) is 0 Å². The Balaban J connectivity index is 1.44. The van der Waals surface area contributed by atoms with E-state index in [0.717, 1.165) is 37.0 Å². The number of nitrogens with one attached hydrogen (secondary N) is 2. The van der Waals surface area contributed by atoms with Crippen molar-refractivity contribution in [1.82, 2.24) is 10.4 Å². The SMILES string of the molecule is CCN(CC)c1ccc(/C=N/NC(=O)c2ccc3[nH]c4c(c3c2)CCCC4)cc1. The highest BCUT2D eigenvalue weighted by Crippen LogP contribution is 2.29. The predicted molar refractivity (Wildman–Crippen MR) is 120 cm³/mol. The van der Waals surface area contributed by atoms with E-state index in [1.54, 1.807) is 6.21 Å². The van der Waals surface area contributed by atoms with E-state index < -0.39 is 0 Å². The Morgan fingerprint density at radius 1 is 1.10 bits per heavy atom. The second-order valence-electron chi connectivity index (χ2n) is 7.51. The van der Waals surface area contributed by atoms with Crippen molar-refractivity contribution in [2.45, 2.75) is 39.5 Å². The first-order chi connectivity index (χ1) is 14.2. The molecule has 5 heteroatoms. The Hall–Kier alpha value is -3.08. The van der Waals surface area contributed by atoms with Crippen LogP contribution < -0.4 is 10.3 Å². The fourth-order valence-corrected chi connectivity index (χ4v) is 4.14. The molecule has 0 saturated heterocycles. The quantitative estimate of drug-likeness (QED) is 0.477. The Morgan fingerprint density at radius 3 is 2.62 bits per heavy atom. The van der Waals surface area contributed by atoms with E-state index in [9.17, 15) is 4.79 Å². The van der Waals surface area contributed by atoms with Crippen molar-refractivity contribution in [3.63, 3.8) is 0 Å². The van der Waals surface area contributed by atoms with Crippen LogP contribution in [0.4, 0.5) is 5.69 Å². The lowest BCUT2D eigenvalue weighted by atomic mass is 9.95. The van der Waals surface area contributed by atoms with Gasteiger partial charge in [-0.15, -0.1) is 0 Å². The van der Waals surface area contributed by atoms with E-state index in [-0.39, 0.29) is 5.91 Å². The van der Waals surface area contributed by atoms with Gasteiger partial charge in [0.05, 0.1) is 6.21 Å². The number of aryl methyl sites for hydroxylation is 2. The van der Waals surface area contributed by atoms with Gasteiger partial charge in [0.25, 0.3) is 5.91 Å². The van der Waals surface area contributed by atoms with Crippen molar-refractivity contribution in [2.24, 2.45) is 5.10 Å². The first-order valence-electron chi connectivity index (χ1n) is 10.5. The zero-order valence-electron chi connectivity index (χ0n) is 17.2. The summed E-state index contributed by atoms with van der Waals surface area (Å²) in [5.74, 6) is -0.186. The molecule has 0 bridgehead atoms. The summed E-state index contributed by atoms with van der Waals surface area (Å²) in [6, 6.07) is 14.0. The highest BCUT2D eigenvalue weighted by atomic mass is 16.2. The number of benzene rings is 2. The van der Waals surface area contributed by atoms with Gasteiger partial charge in [-0.3, -0.25) is 4.79 Å². The average Bonchev–Trinajstić information content (AvgIpc) is 3.13. The topological polar surface area (TPSA) is 60.5 Å². The number of carbonyl (C=O) groups is 1. The fraction of sp³-hybridized carbons (Fsp3) is 0.333. The lowest BCUT2D eigenvalue weighted by Crippen LogP contribution is -2.21. The number of H-pyrrole nitrogens is 1. The Morgan fingerprint density at radius 2 is 1.86 bits per heavy atom. The van der Waals surface area contributed by atoms with Crippen molar-refractivity contribution in [2.75, 3.05) is 18.0 Å². The molecule has 29 heavy (non-hydrogen) atoms. The van der Waals surface area contributed by atoms with E-state index in [4.69, 9.17) is 0 Å². The molecule has 2 N–H and O–H groups in total. The molecule has 150 valence electrons. The van der Waals surface area contributed by atoms with E-state index in [0.29, 0.717) is 5.56 Å². The minimum absolute atomic E-state index is 0.186. The Labute approximate surface area is 171 Å². The number of anilines is 1. The van der Waals surface area contributed by atoms with Crippen molar-refractivity contribution in [3.05, 3.63) is 64.8 Å². The van der Waals surface area contributed by atoms with Crippen molar-refractivity contribution in [1.29, 1.82) is 0 Å². The summed E-state index contributed by atoms with van der Waals surface area (Å²) in [5.41, 5.74) is 9.26. The van der Waals surface area contributed by atoms with Gasteiger partial charge < -0.3 is 9.88 Å². The smallest absolute Gasteiger partial charge is 0.271 e.